The minimum Gasteiger partial charge on any atom is -0.481 e. The van der Waals surface area contributed by atoms with Gasteiger partial charge >= 0.3 is 5.97 Å². The van der Waals surface area contributed by atoms with E-state index in [0.29, 0.717) is 29.6 Å². The molecule has 1 spiro atoms. The lowest BCUT2D eigenvalue weighted by Gasteiger charge is -2.71. The fraction of sp³-hybridized carbons (Fsp3) is 0.500. The number of nitrogens with zero attached hydrogens (tertiary/aromatic N) is 3. The average Bonchev–Trinajstić information content (AvgIpc) is 2.68. The number of hydrogen-bond acceptors (Lipinski definition) is 6. The second-order valence-electron chi connectivity index (χ2n) is 9.02. The SMILES string of the molecule is O=C(O)CC1C2CN(Cc3ccc4c(c3)Nc3nccnc3S4)CC1C21CCC1. The number of hydrogen-bond donors (Lipinski definition) is 2. The molecule has 2 atom stereocenters. The molecule has 7 rings (SSSR count). The first-order valence-electron chi connectivity index (χ1n) is 10.5. The molecule has 29 heavy (non-hydrogen) atoms. The second-order valence-corrected chi connectivity index (χ2v) is 10.1. The van der Waals surface area contributed by atoms with Crippen LogP contribution in [0.3, 0.4) is 0 Å². The molecule has 2 saturated heterocycles. The van der Waals surface area contributed by atoms with Gasteiger partial charge in [-0.15, -0.1) is 0 Å². The van der Waals surface area contributed by atoms with Crippen molar-refractivity contribution >= 4 is 29.2 Å². The van der Waals surface area contributed by atoms with Crippen LogP contribution in [0.15, 0.2) is 40.5 Å². The Kier molecular flexibility index (Phi) is 3.93. The van der Waals surface area contributed by atoms with Crippen molar-refractivity contribution in [3.63, 3.8) is 0 Å². The number of nitrogens with one attached hydrogen (secondary N) is 1. The van der Waals surface area contributed by atoms with Gasteiger partial charge in [0.25, 0.3) is 0 Å². The van der Waals surface area contributed by atoms with Crippen LogP contribution in [0.5, 0.6) is 0 Å². The van der Waals surface area contributed by atoms with Crippen LogP contribution in [-0.4, -0.2) is 39.0 Å². The summed E-state index contributed by atoms with van der Waals surface area (Å²) in [5.41, 5.74) is 2.87. The van der Waals surface area contributed by atoms with E-state index < -0.39 is 5.97 Å². The minimum absolute atomic E-state index is 0.353. The zero-order chi connectivity index (χ0) is 19.6. The maximum atomic E-state index is 11.3. The largest absolute Gasteiger partial charge is 0.481 e. The van der Waals surface area contributed by atoms with Crippen LogP contribution in [0.2, 0.25) is 0 Å². The number of aliphatic carboxylic acids is 1. The smallest absolute Gasteiger partial charge is 0.303 e. The van der Waals surface area contributed by atoms with E-state index in [9.17, 15) is 9.90 Å². The van der Waals surface area contributed by atoms with Crippen LogP contribution in [0, 0.1) is 23.2 Å². The molecule has 1 aromatic heterocycles. The van der Waals surface area contributed by atoms with Gasteiger partial charge in [0.1, 0.15) is 5.03 Å². The van der Waals surface area contributed by atoms with Gasteiger partial charge in [-0.3, -0.25) is 9.69 Å². The van der Waals surface area contributed by atoms with Crippen molar-refractivity contribution in [3.8, 4) is 0 Å². The van der Waals surface area contributed by atoms with Crippen molar-refractivity contribution in [1.82, 2.24) is 14.9 Å². The van der Waals surface area contributed by atoms with E-state index in [1.54, 1.807) is 24.2 Å². The number of carboxylic acid groups (broad SMARTS) is 1. The molecule has 4 fully saturated rings. The van der Waals surface area contributed by atoms with Crippen molar-refractivity contribution in [2.24, 2.45) is 23.2 Å². The van der Waals surface area contributed by atoms with Gasteiger partial charge in [0.05, 0.1) is 5.69 Å². The zero-order valence-electron chi connectivity index (χ0n) is 16.2. The van der Waals surface area contributed by atoms with E-state index in [-0.39, 0.29) is 0 Å². The number of piperidine rings is 2. The number of benzene rings is 1. The van der Waals surface area contributed by atoms with Crippen molar-refractivity contribution in [2.75, 3.05) is 18.4 Å². The van der Waals surface area contributed by atoms with E-state index in [4.69, 9.17) is 0 Å². The summed E-state index contributed by atoms with van der Waals surface area (Å²) in [6.07, 6.45) is 7.74. The van der Waals surface area contributed by atoms with Gasteiger partial charge in [0, 0.05) is 43.3 Å². The molecule has 2 aliphatic carbocycles. The number of aromatic nitrogens is 2. The minimum atomic E-state index is -0.630. The highest BCUT2D eigenvalue weighted by atomic mass is 32.2. The summed E-state index contributed by atoms with van der Waals surface area (Å²) in [7, 11) is 0. The molecule has 0 radical (unpaired) electrons. The van der Waals surface area contributed by atoms with Crippen molar-refractivity contribution in [1.29, 1.82) is 0 Å². The Bertz CT molecular complexity index is 977. The lowest BCUT2D eigenvalue weighted by Crippen LogP contribution is -2.70. The van der Waals surface area contributed by atoms with E-state index in [0.717, 1.165) is 36.2 Å². The molecule has 150 valence electrons. The standard InChI is InChI=1S/C22H24N4O2S/c27-19(28)9-14-15-11-26(12-16(14)22(15)4-1-5-22)10-13-2-3-18-17(8-13)25-20-21(29-18)24-7-6-23-20/h2-3,6-8,14-16H,1,4-5,9-12H2,(H,23,25)(H,27,28). The maximum Gasteiger partial charge on any atom is 0.303 e. The predicted octanol–water partition coefficient (Wildman–Crippen LogP) is 4.01. The molecule has 2 bridgehead atoms. The summed E-state index contributed by atoms with van der Waals surface area (Å²) in [5, 5.41) is 13.6. The van der Waals surface area contributed by atoms with E-state index >= 15 is 0 Å². The highest BCUT2D eigenvalue weighted by Gasteiger charge is 2.66. The molecule has 2 unspecified atom stereocenters. The van der Waals surface area contributed by atoms with Crippen LogP contribution in [-0.2, 0) is 11.3 Å². The van der Waals surface area contributed by atoms with Gasteiger partial charge < -0.3 is 10.4 Å². The second kappa shape index (κ2) is 6.44. The Morgan fingerprint density at radius 3 is 2.76 bits per heavy atom. The Balaban J connectivity index is 1.17. The number of carboxylic acids is 1. The zero-order valence-corrected chi connectivity index (χ0v) is 17.0. The van der Waals surface area contributed by atoms with Crippen molar-refractivity contribution in [3.05, 3.63) is 36.2 Å². The summed E-state index contributed by atoms with van der Waals surface area (Å²) in [6.45, 7) is 3.01. The first kappa shape index (κ1) is 17.7. The summed E-state index contributed by atoms with van der Waals surface area (Å²) in [6, 6.07) is 6.61. The summed E-state index contributed by atoms with van der Waals surface area (Å²) in [5.74, 6) is 1.72. The van der Waals surface area contributed by atoms with Crippen LogP contribution in [0.25, 0.3) is 0 Å². The Hall–Kier alpha value is -2.12. The van der Waals surface area contributed by atoms with E-state index in [2.05, 4.69) is 38.4 Å². The third-order valence-corrected chi connectivity index (χ3v) is 8.76. The lowest BCUT2D eigenvalue weighted by molar-refractivity contribution is -0.229. The lowest BCUT2D eigenvalue weighted by atomic mass is 9.37. The number of carbonyl (C=O) groups is 1. The molecule has 2 aromatic rings. The van der Waals surface area contributed by atoms with Crippen LogP contribution in [0.1, 0.15) is 31.2 Å². The number of rotatable bonds is 4. The Morgan fingerprint density at radius 1 is 1.24 bits per heavy atom. The van der Waals surface area contributed by atoms with E-state index in [1.165, 1.54) is 29.7 Å². The first-order chi connectivity index (χ1) is 14.1. The maximum absolute atomic E-state index is 11.3. The van der Waals surface area contributed by atoms with Gasteiger partial charge in [-0.25, -0.2) is 9.97 Å². The average molecular weight is 409 g/mol. The number of anilines is 2. The fourth-order valence-electron chi connectivity index (χ4n) is 6.33. The summed E-state index contributed by atoms with van der Waals surface area (Å²) in [4.78, 5) is 23.8. The van der Waals surface area contributed by atoms with Crippen molar-refractivity contribution < 1.29 is 9.90 Å². The van der Waals surface area contributed by atoms with Gasteiger partial charge in [-0.1, -0.05) is 24.2 Å². The molecule has 2 saturated carbocycles. The highest BCUT2D eigenvalue weighted by molar-refractivity contribution is 7.99. The summed E-state index contributed by atoms with van der Waals surface area (Å²) < 4.78 is 0. The molecule has 4 heterocycles. The molecule has 0 amide bonds. The van der Waals surface area contributed by atoms with Crippen LogP contribution < -0.4 is 5.32 Å². The molecule has 3 aliphatic heterocycles. The topological polar surface area (TPSA) is 78.4 Å². The molecular weight excluding hydrogens is 384 g/mol. The fourth-order valence-corrected chi connectivity index (χ4v) is 7.21. The molecular formula is C22H24N4O2S. The van der Waals surface area contributed by atoms with Gasteiger partial charge in [-0.05, 0) is 53.7 Å². The highest BCUT2D eigenvalue weighted by Crippen LogP contribution is 2.69. The molecule has 2 N–H and O–H groups in total. The van der Waals surface area contributed by atoms with Gasteiger partial charge in [0.15, 0.2) is 5.82 Å². The predicted molar refractivity (Wildman–Crippen MR) is 110 cm³/mol. The first-order valence-corrected chi connectivity index (χ1v) is 11.3. The van der Waals surface area contributed by atoms with E-state index in [1.807, 2.05) is 0 Å². The van der Waals surface area contributed by atoms with Crippen LogP contribution in [0.4, 0.5) is 11.5 Å². The Labute approximate surface area is 174 Å². The quantitative estimate of drug-likeness (QED) is 0.675. The Morgan fingerprint density at radius 2 is 2.03 bits per heavy atom. The molecule has 6 nitrogen and oxygen atoms in total. The third kappa shape index (κ3) is 2.70. The van der Waals surface area contributed by atoms with Gasteiger partial charge in [0.2, 0.25) is 0 Å². The van der Waals surface area contributed by atoms with Gasteiger partial charge in [-0.2, -0.15) is 0 Å². The van der Waals surface area contributed by atoms with Crippen LogP contribution >= 0.6 is 11.8 Å². The molecule has 7 heteroatoms. The van der Waals surface area contributed by atoms with Crippen molar-refractivity contribution in [2.45, 2.75) is 42.1 Å². The molecule has 1 aromatic carbocycles. The third-order valence-electron chi connectivity index (χ3n) is 7.69. The summed E-state index contributed by atoms with van der Waals surface area (Å²) >= 11 is 1.66. The monoisotopic (exact) mass is 408 g/mol. The normalized spacial score (nSPS) is 28.5. The number of fused-ring (bicyclic) bond motifs is 4. The molecule has 5 aliphatic rings.